The van der Waals surface area contributed by atoms with Gasteiger partial charge in [-0.25, -0.2) is 0 Å². The Labute approximate surface area is 186 Å². The van der Waals surface area contributed by atoms with Crippen LogP contribution in [-0.2, 0) is 11.3 Å². The van der Waals surface area contributed by atoms with Gasteiger partial charge in [0.05, 0.1) is 26.4 Å². The molecule has 30 heavy (non-hydrogen) atoms. The van der Waals surface area contributed by atoms with Crippen LogP contribution in [0.1, 0.15) is 30.8 Å². The molecule has 3 rings (SSSR count). The van der Waals surface area contributed by atoms with Crippen molar-refractivity contribution in [1.29, 1.82) is 0 Å². The number of thioether (sulfide) groups is 1. The highest BCUT2D eigenvalue weighted by Gasteiger charge is 2.25. The number of quaternary nitrogens is 1. The lowest BCUT2D eigenvalue weighted by atomic mass is 10.2. The van der Waals surface area contributed by atoms with Gasteiger partial charge in [-0.2, -0.15) is 0 Å². The van der Waals surface area contributed by atoms with E-state index in [-0.39, 0.29) is 17.7 Å². The minimum Gasteiger partial charge on any atom is -0.331 e. The monoisotopic (exact) mass is 444 g/mol. The number of halogens is 1. The highest BCUT2D eigenvalue weighted by atomic mass is 35.5. The molecule has 0 radical (unpaired) electrons. The quantitative estimate of drug-likeness (QED) is 0.497. The number of hydrogen-bond donors (Lipinski definition) is 2. The van der Waals surface area contributed by atoms with Gasteiger partial charge in [0.25, 0.3) is 0 Å². The van der Waals surface area contributed by atoms with Crippen LogP contribution in [0.4, 0.5) is 5.69 Å². The normalized spacial score (nSPS) is 12.2. The number of aromatic nitrogens is 3. The molecule has 3 aromatic rings. The second-order valence-electron chi connectivity index (χ2n) is 7.29. The van der Waals surface area contributed by atoms with Crippen molar-refractivity contribution in [2.45, 2.75) is 31.1 Å². The Bertz CT molecular complexity index is 959. The van der Waals surface area contributed by atoms with Crippen molar-refractivity contribution < 1.29 is 9.69 Å². The van der Waals surface area contributed by atoms with Gasteiger partial charge in [-0.15, -0.1) is 10.2 Å². The molecule has 2 N–H and O–H groups in total. The summed E-state index contributed by atoms with van der Waals surface area (Å²) in [6, 6.07) is 17.6. The average Bonchev–Trinajstić information content (AvgIpc) is 3.11. The number of anilines is 1. The van der Waals surface area contributed by atoms with Gasteiger partial charge in [0.2, 0.25) is 5.91 Å². The van der Waals surface area contributed by atoms with Gasteiger partial charge in [0.1, 0.15) is 6.04 Å². The maximum atomic E-state index is 12.4. The number of hydrogen-bond acceptors (Lipinski definition) is 4. The zero-order valence-electron chi connectivity index (χ0n) is 17.4. The molecular weight excluding hydrogens is 418 g/mol. The van der Waals surface area contributed by atoms with E-state index in [9.17, 15) is 4.79 Å². The number of nitrogens with zero attached hydrogens (tertiary/aromatic N) is 3. The summed E-state index contributed by atoms with van der Waals surface area (Å²) in [5, 5.41) is 13.2. The first-order chi connectivity index (χ1) is 14.5. The number of rotatable bonds is 9. The molecule has 0 spiro atoms. The first kappa shape index (κ1) is 22.3. The van der Waals surface area contributed by atoms with E-state index in [4.69, 9.17) is 11.6 Å². The maximum absolute atomic E-state index is 12.4. The summed E-state index contributed by atoms with van der Waals surface area (Å²) >= 11 is 7.30. The van der Waals surface area contributed by atoms with Crippen molar-refractivity contribution >= 4 is 35.0 Å². The lowest BCUT2D eigenvalue weighted by Gasteiger charge is -2.20. The molecule has 0 aliphatic carbocycles. The molecule has 0 aliphatic rings. The number of amides is 1. The first-order valence-corrected chi connectivity index (χ1v) is 11.3. The lowest BCUT2D eigenvalue weighted by molar-refractivity contribution is -0.893. The first-order valence-electron chi connectivity index (χ1n) is 9.93. The maximum Gasteiger partial charge on any atom is 0.234 e. The molecule has 2 aromatic carbocycles. The summed E-state index contributed by atoms with van der Waals surface area (Å²) in [5.41, 5.74) is 1.90. The van der Waals surface area contributed by atoms with E-state index >= 15 is 0 Å². The lowest BCUT2D eigenvalue weighted by Crippen LogP contribution is -3.06. The Morgan fingerprint density at radius 2 is 1.83 bits per heavy atom. The number of benzene rings is 2. The summed E-state index contributed by atoms with van der Waals surface area (Å²) in [5.74, 6) is 1.10. The van der Waals surface area contributed by atoms with E-state index in [1.165, 1.54) is 22.2 Å². The Kier molecular flexibility index (Phi) is 7.90. The predicted molar refractivity (Wildman–Crippen MR) is 122 cm³/mol. The molecule has 1 heterocycles. The summed E-state index contributed by atoms with van der Waals surface area (Å²) in [6.45, 7) is 2.83. The van der Waals surface area contributed by atoms with Crippen LogP contribution in [-0.4, -0.2) is 40.5 Å². The van der Waals surface area contributed by atoms with E-state index in [0.29, 0.717) is 11.6 Å². The molecule has 0 aliphatic heterocycles. The molecule has 0 bridgehead atoms. The largest absolute Gasteiger partial charge is 0.331 e. The van der Waals surface area contributed by atoms with Crippen molar-refractivity contribution in [2.24, 2.45) is 0 Å². The van der Waals surface area contributed by atoms with Gasteiger partial charge in [0, 0.05) is 17.1 Å². The van der Waals surface area contributed by atoms with Crippen LogP contribution in [0, 0.1) is 0 Å². The SMILES string of the molecule is CC[C@@H](c1nnc(SCC(=O)Nc2ccc(Cl)cc2)n1Cc1ccccc1)[NH+](C)C. The standard InChI is InChI=1S/C22H26ClN5OS/c1-4-19(27(2)3)21-25-26-22(28(21)14-16-8-6-5-7-9-16)30-15-20(29)24-18-12-10-17(23)11-13-18/h5-13,19H,4,14-15H2,1-3H3,(H,24,29)/p+1/t19-/m0/s1. The van der Waals surface area contributed by atoms with E-state index in [2.05, 4.69) is 53.2 Å². The van der Waals surface area contributed by atoms with Crippen LogP contribution in [0.5, 0.6) is 0 Å². The predicted octanol–water partition coefficient (Wildman–Crippen LogP) is 3.31. The topological polar surface area (TPSA) is 64.2 Å². The van der Waals surface area contributed by atoms with Crippen molar-refractivity contribution in [3.63, 3.8) is 0 Å². The molecule has 8 heteroatoms. The van der Waals surface area contributed by atoms with E-state index < -0.39 is 0 Å². The molecule has 0 saturated carbocycles. The van der Waals surface area contributed by atoms with Gasteiger partial charge in [-0.1, -0.05) is 60.6 Å². The van der Waals surface area contributed by atoms with Gasteiger partial charge < -0.3 is 10.2 Å². The Morgan fingerprint density at radius 1 is 1.13 bits per heavy atom. The van der Waals surface area contributed by atoms with Crippen LogP contribution in [0.25, 0.3) is 0 Å². The summed E-state index contributed by atoms with van der Waals surface area (Å²) < 4.78 is 2.14. The number of carbonyl (C=O) groups is 1. The molecular formula is C22H27ClN5OS+. The number of carbonyl (C=O) groups excluding carboxylic acids is 1. The van der Waals surface area contributed by atoms with E-state index in [1.807, 2.05) is 18.2 Å². The number of nitrogens with one attached hydrogen (secondary N) is 2. The second kappa shape index (κ2) is 10.6. The van der Waals surface area contributed by atoms with Crippen molar-refractivity contribution in [2.75, 3.05) is 25.2 Å². The third-order valence-electron chi connectivity index (χ3n) is 4.81. The second-order valence-corrected chi connectivity index (χ2v) is 8.67. The van der Waals surface area contributed by atoms with Gasteiger partial charge in [-0.3, -0.25) is 9.36 Å². The molecule has 0 saturated heterocycles. The third kappa shape index (κ3) is 5.84. The van der Waals surface area contributed by atoms with Gasteiger partial charge in [-0.05, 0) is 29.8 Å². The smallest absolute Gasteiger partial charge is 0.234 e. The molecule has 0 fully saturated rings. The molecule has 1 amide bonds. The zero-order valence-corrected chi connectivity index (χ0v) is 19.0. The van der Waals surface area contributed by atoms with Crippen LogP contribution >= 0.6 is 23.4 Å². The van der Waals surface area contributed by atoms with Crippen molar-refractivity contribution in [3.8, 4) is 0 Å². The summed E-state index contributed by atoms with van der Waals surface area (Å²) in [7, 11) is 4.25. The van der Waals surface area contributed by atoms with Crippen molar-refractivity contribution in [3.05, 3.63) is 71.0 Å². The van der Waals surface area contributed by atoms with Crippen LogP contribution < -0.4 is 10.2 Å². The molecule has 158 valence electrons. The fourth-order valence-electron chi connectivity index (χ4n) is 3.29. The van der Waals surface area contributed by atoms with Gasteiger partial charge >= 0.3 is 0 Å². The van der Waals surface area contributed by atoms with E-state index in [1.54, 1.807) is 24.3 Å². The average molecular weight is 445 g/mol. The summed E-state index contributed by atoms with van der Waals surface area (Å²) in [6.07, 6.45) is 0.955. The van der Waals surface area contributed by atoms with Crippen LogP contribution in [0.15, 0.2) is 59.8 Å². The Morgan fingerprint density at radius 3 is 2.47 bits per heavy atom. The highest BCUT2D eigenvalue weighted by Crippen LogP contribution is 2.23. The summed E-state index contributed by atoms with van der Waals surface area (Å²) in [4.78, 5) is 13.7. The molecule has 1 aromatic heterocycles. The fraction of sp³-hybridized carbons (Fsp3) is 0.318. The van der Waals surface area contributed by atoms with E-state index in [0.717, 1.165) is 23.1 Å². The third-order valence-corrected chi connectivity index (χ3v) is 6.02. The molecule has 0 unspecified atom stereocenters. The van der Waals surface area contributed by atoms with Gasteiger partial charge in [0.15, 0.2) is 11.0 Å². The Hall–Kier alpha value is -2.35. The van der Waals surface area contributed by atoms with Crippen LogP contribution in [0.3, 0.4) is 0 Å². The minimum absolute atomic E-state index is 0.0941. The van der Waals surface area contributed by atoms with Crippen LogP contribution in [0.2, 0.25) is 5.02 Å². The zero-order chi connectivity index (χ0) is 21.5. The molecule has 1 atom stereocenters. The fourth-order valence-corrected chi connectivity index (χ4v) is 4.16. The van der Waals surface area contributed by atoms with Crippen molar-refractivity contribution in [1.82, 2.24) is 14.8 Å². The molecule has 6 nitrogen and oxygen atoms in total. The highest BCUT2D eigenvalue weighted by molar-refractivity contribution is 7.99. The Balaban J connectivity index is 1.76. The minimum atomic E-state index is -0.0941.